The number of carbonyl (C=O) groups excluding carboxylic acids is 1. The number of aliphatic hydroxyl groups excluding tert-OH is 1. The highest BCUT2D eigenvalue weighted by Crippen LogP contribution is 2.36. The Kier molecular flexibility index (Phi) is 7.05. The van der Waals surface area contributed by atoms with Crippen LogP contribution in [0, 0.1) is 0 Å². The van der Waals surface area contributed by atoms with E-state index in [0.717, 1.165) is 11.1 Å². The smallest absolute Gasteiger partial charge is 0.256 e. The minimum Gasteiger partial charge on any atom is -0.415 e. The number of halogens is 1. The fraction of sp³-hybridized carbons (Fsp3) is 0.500. The number of hydrogen-bond donors (Lipinski definition) is 3. The van der Waals surface area contributed by atoms with Gasteiger partial charge in [-0.05, 0) is 40.9 Å². The summed E-state index contributed by atoms with van der Waals surface area (Å²) in [6.45, 7) is 11.7. The number of anilines is 1. The number of nitrogens with zero attached hydrogens (tertiary/aromatic N) is 2. The van der Waals surface area contributed by atoms with Crippen molar-refractivity contribution < 1.29 is 14.3 Å². The third-order valence-electron chi connectivity index (χ3n) is 6.16. The number of aromatic nitrogens is 2. The molecule has 0 aliphatic heterocycles. The number of nitrogens with one attached hydrogen (secondary N) is 2. The van der Waals surface area contributed by atoms with Crippen LogP contribution >= 0.6 is 11.6 Å². The Labute approximate surface area is 189 Å². The molecule has 0 saturated heterocycles. The summed E-state index contributed by atoms with van der Waals surface area (Å²) in [4.78, 5) is 21.0. The number of amides is 1. The largest absolute Gasteiger partial charge is 0.415 e. The van der Waals surface area contributed by atoms with Crippen LogP contribution in [0.15, 0.2) is 30.5 Å². The topological polar surface area (TPSA) is 96.4 Å². The maximum Gasteiger partial charge on any atom is 0.256 e. The minimum atomic E-state index is -1.87. The van der Waals surface area contributed by atoms with Crippen LogP contribution in [0.1, 0.15) is 48.3 Å². The number of benzene rings is 1. The van der Waals surface area contributed by atoms with Crippen LogP contribution in [-0.4, -0.2) is 48.6 Å². The maximum absolute atomic E-state index is 12.8. The Bertz CT molecular complexity index is 949. The second-order valence-electron chi connectivity index (χ2n) is 9.36. The Morgan fingerprint density at radius 2 is 2.03 bits per heavy atom. The van der Waals surface area contributed by atoms with Gasteiger partial charge in [0.2, 0.25) is 5.28 Å². The van der Waals surface area contributed by atoms with Crippen molar-refractivity contribution in [3.8, 4) is 0 Å². The van der Waals surface area contributed by atoms with Crippen LogP contribution in [0.4, 0.5) is 5.82 Å². The standard InChI is InChI=1S/C22H31ClN4O3Si/c1-22(2,3)31(4,5)30-11-10-24-20(29)16-13-25-21(23)27-19(16)26-18-15-9-7-6-8-14(15)12-17(18)28/h6-9,13,17-18,28H,10-12H2,1-5H3,(H,24,29)(H,25,26,27)/t17-,18+/m1/s1. The lowest BCUT2D eigenvalue weighted by molar-refractivity contribution is 0.0945. The van der Waals surface area contributed by atoms with Crippen LogP contribution in [0.25, 0.3) is 0 Å². The normalized spacial score (nSPS) is 18.5. The van der Waals surface area contributed by atoms with E-state index in [1.165, 1.54) is 6.20 Å². The molecule has 3 rings (SSSR count). The van der Waals surface area contributed by atoms with Gasteiger partial charge in [-0.25, -0.2) is 4.98 Å². The lowest BCUT2D eigenvalue weighted by Gasteiger charge is -2.36. The van der Waals surface area contributed by atoms with E-state index in [4.69, 9.17) is 16.0 Å². The highest BCUT2D eigenvalue weighted by atomic mass is 35.5. The van der Waals surface area contributed by atoms with Crippen LogP contribution in [0.5, 0.6) is 0 Å². The third kappa shape index (κ3) is 5.44. The zero-order valence-electron chi connectivity index (χ0n) is 18.7. The van der Waals surface area contributed by atoms with Gasteiger partial charge in [-0.2, -0.15) is 4.98 Å². The Balaban J connectivity index is 1.68. The summed E-state index contributed by atoms with van der Waals surface area (Å²) in [5.41, 5.74) is 2.33. The van der Waals surface area contributed by atoms with Gasteiger partial charge >= 0.3 is 0 Å². The molecule has 168 valence electrons. The van der Waals surface area contributed by atoms with Crippen molar-refractivity contribution in [1.82, 2.24) is 15.3 Å². The van der Waals surface area contributed by atoms with Gasteiger partial charge in [0, 0.05) is 19.2 Å². The number of fused-ring (bicyclic) bond motifs is 1. The Morgan fingerprint density at radius 1 is 1.32 bits per heavy atom. The molecule has 1 heterocycles. The van der Waals surface area contributed by atoms with Crippen LogP contribution in [0.3, 0.4) is 0 Å². The van der Waals surface area contributed by atoms with E-state index in [1.807, 2.05) is 24.3 Å². The zero-order valence-corrected chi connectivity index (χ0v) is 20.5. The molecule has 1 aliphatic carbocycles. The van der Waals surface area contributed by atoms with E-state index in [0.29, 0.717) is 25.4 Å². The maximum atomic E-state index is 12.8. The molecule has 9 heteroatoms. The van der Waals surface area contributed by atoms with E-state index in [2.05, 4.69) is 54.5 Å². The van der Waals surface area contributed by atoms with Crippen molar-refractivity contribution in [2.24, 2.45) is 0 Å². The molecule has 1 aromatic carbocycles. The van der Waals surface area contributed by atoms with Gasteiger partial charge in [0.1, 0.15) is 11.4 Å². The van der Waals surface area contributed by atoms with Crippen molar-refractivity contribution in [3.63, 3.8) is 0 Å². The van der Waals surface area contributed by atoms with Gasteiger partial charge < -0.3 is 20.2 Å². The van der Waals surface area contributed by atoms with E-state index >= 15 is 0 Å². The Hall–Kier alpha value is -2.00. The van der Waals surface area contributed by atoms with Crippen LogP contribution in [-0.2, 0) is 10.8 Å². The van der Waals surface area contributed by atoms with Crippen molar-refractivity contribution in [2.45, 2.75) is 57.5 Å². The summed E-state index contributed by atoms with van der Waals surface area (Å²) in [6.07, 6.45) is 1.31. The lowest BCUT2D eigenvalue weighted by atomic mass is 10.1. The molecule has 7 nitrogen and oxygen atoms in total. The first-order valence-electron chi connectivity index (χ1n) is 10.5. The summed E-state index contributed by atoms with van der Waals surface area (Å²) in [5.74, 6) is -0.0256. The molecule has 0 bridgehead atoms. The highest BCUT2D eigenvalue weighted by Gasteiger charge is 2.37. The first-order chi connectivity index (χ1) is 14.5. The van der Waals surface area contributed by atoms with Gasteiger partial charge in [-0.3, -0.25) is 4.79 Å². The van der Waals surface area contributed by atoms with Gasteiger partial charge in [-0.15, -0.1) is 0 Å². The summed E-state index contributed by atoms with van der Waals surface area (Å²) >= 11 is 5.99. The first-order valence-corrected chi connectivity index (χ1v) is 13.8. The van der Waals surface area contributed by atoms with Crippen LogP contribution in [0.2, 0.25) is 23.4 Å². The molecule has 0 fully saturated rings. The van der Waals surface area contributed by atoms with E-state index in [1.54, 1.807) is 0 Å². The predicted molar refractivity (Wildman–Crippen MR) is 125 cm³/mol. The van der Waals surface area contributed by atoms with Crippen molar-refractivity contribution in [2.75, 3.05) is 18.5 Å². The minimum absolute atomic E-state index is 0.0288. The summed E-state index contributed by atoms with van der Waals surface area (Å²) in [7, 11) is -1.87. The van der Waals surface area contributed by atoms with Gasteiger partial charge in [0.05, 0.1) is 18.8 Å². The molecule has 2 atom stereocenters. The Morgan fingerprint density at radius 3 is 2.74 bits per heavy atom. The number of carbonyl (C=O) groups is 1. The second-order valence-corrected chi connectivity index (χ2v) is 14.5. The number of aliphatic hydroxyl groups is 1. The molecular weight excluding hydrogens is 432 g/mol. The molecule has 31 heavy (non-hydrogen) atoms. The molecule has 3 N–H and O–H groups in total. The molecule has 0 unspecified atom stereocenters. The molecule has 0 saturated carbocycles. The highest BCUT2D eigenvalue weighted by molar-refractivity contribution is 6.74. The quantitative estimate of drug-likeness (QED) is 0.327. The average Bonchev–Trinajstić information content (AvgIpc) is 3.00. The van der Waals surface area contributed by atoms with E-state index < -0.39 is 14.4 Å². The van der Waals surface area contributed by atoms with Crippen LogP contribution < -0.4 is 10.6 Å². The lowest BCUT2D eigenvalue weighted by Crippen LogP contribution is -2.42. The fourth-order valence-corrected chi connectivity index (χ4v) is 4.49. The summed E-state index contributed by atoms with van der Waals surface area (Å²) in [6, 6.07) is 7.44. The summed E-state index contributed by atoms with van der Waals surface area (Å²) < 4.78 is 6.11. The van der Waals surface area contributed by atoms with Crippen molar-refractivity contribution >= 4 is 31.6 Å². The van der Waals surface area contributed by atoms with Gasteiger partial charge in [0.25, 0.3) is 5.91 Å². The molecule has 2 aromatic rings. The number of hydrogen-bond acceptors (Lipinski definition) is 6. The van der Waals surface area contributed by atoms with Crippen molar-refractivity contribution in [3.05, 3.63) is 52.4 Å². The van der Waals surface area contributed by atoms with E-state index in [-0.39, 0.29) is 27.8 Å². The predicted octanol–water partition coefficient (Wildman–Crippen LogP) is 3.95. The molecule has 0 spiro atoms. The van der Waals surface area contributed by atoms with Crippen molar-refractivity contribution in [1.29, 1.82) is 0 Å². The molecule has 1 aliphatic rings. The first kappa shape index (κ1) is 23.7. The average molecular weight is 463 g/mol. The zero-order chi connectivity index (χ0) is 22.8. The van der Waals surface area contributed by atoms with Gasteiger partial charge in [0.15, 0.2) is 8.32 Å². The SMILES string of the molecule is CC(C)(C)[Si](C)(C)OCCNC(=O)c1cnc(Cl)nc1N[C@H]1c2ccccc2C[C@H]1O. The van der Waals surface area contributed by atoms with E-state index in [9.17, 15) is 9.90 Å². The fourth-order valence-electron chi connectivity index (χ4n) is 3.31. The molecule has 1 aromatic heterocycles. The molecule has 0 radical (unpaired) electrons. The summed E-state index contributed by atoms with van der Waals surface area (Å²) in [5, 5.41) is 16.7. The molecule has 1 amide bonds. The third-order valence-corrected chi connectivity index (χ3v) is 10.9. The monoisotopic (exact) mass is 462 g/mol. The second kappa shape index (κ2) is 9.24. The molecular formula is C22H31ClN4O3Si. The van der Waals surface area contributed by atoms with Gasteiger partial charge in [-0.1, -0.05) is 45.0 Å². The number of rotatable bonds is 7.